The van der Waals surface area contributed by atoms with Gasteiger partial charge in [0, 0.05) is 55.3 Å². The monoisotopic (exact) mass is 405 g/mol. The first-order chi connectivity index (χ1) is 14.7. The van der Waals surface area contributed by atoms with Gasteiger partial charge in [0.2, 0.25) is 0 Å². The number of nitrogens with one attached hydrogen (secondary N) is 1. The standard InChI is InChI=1S/C23H23N3O4/c27-23(28)21-16-12-19-20(30-11-10-29-19)13-18(16)25-22(15-4-2-1-3-5-15)17(21)14-26-8-6-24-7-9-26/h1-5,12-13,24H,6-11,14H2,(H,27,28). The summed E-state index contributed by atoms with van der Waals surface area (Å²) in [6.45, 7) is 4.97. The molecule has 154 valence electrons. The summed E-state index contributed by atoms with van der Waals surface area (Å²) < 4.78 is 11.4. The summed E-state index contributed by atoms with van der Waals surface area (Å²) in [6, 6.07) is 13.3. The number of aromatic carboxylic acids is 1. The van der Waals surface area contributed by atoms with Crippen LogP contribution in [0.2, 0.25) is 0 Å². The Bertz CT molecular complexity index is 1090. The van der Waals surface area contributed by atoms with Crippen molar-refractivity contribution < 1.29 is 19.4 Å². The molecule has 0 radical (unpaired) electrons. The molecule has 0 atom stereocenters. The highest BCUT2D eigenvalue weighted by Gasteiger charge is 2.25. The lowest BCUT2D eigenvalue weighted by Gasteiger charge is -2.29. The van der Waals surface area contributed by atoms with Gasteiger partial charge in [-0.3, -0.25) is 4.90 Å². The van der Waals surface area contributed by atoms with Gasteiger partial charge < -0.3 is 19.9 Å². The highest BCUT2D eigenvalue weighted by molar-refractivity contribution is 6.06. The molecule has 0 aliphatic carbocycles. The van der Waals surface area contributed by atoms with E-state index < -0.39 is 5.97 Å². The molecular formula is C23H23N3O4. The van der Waals surface area contributed by atoms with E-state index in [4.69, 9.17) is 14.5 Å². The Balaban J connectivity index is 1.75. The number of benzene rings is 2. The predicted octanol–water partition coefficient (Wildman–Crippen LogP) is 2.78. The van der Waals surface area contributed by atoms with Gasteiger partial charge in [0.05, 0.1) is 16.8 Å². The van der Waals surface area contributed by atoms with E-state index in [2.05, 4.69) is 10.2 Å². The van der Waals surface area contributed by atoms with Crippen LogP contribution in [0.1, 0.15) is 15.9 Å². The summed E-state index contributed by atoms with van der Waals surface area (Å²) in [5.74, 6) is 0.214. The zero-order valence-electron chi connectivity index (χ0n) is 16.6. The van der Waals surface area contributed by atoms with Crippen molar-refractivity contribution >= 4 is 16.9 Å². The largest absolute Gasteiger partial charge is 0.486 e. The van der Waals surface area contributed by atoms with Crippen LogP contribution in [0.4, 0.5) is 0 Å². The normalized spacial score (nSPS) is 16.5. The minimum atomic E-state index is -0.957. The topological polar surface area (TPSA) is 83.9 Å². The van der Waals surface area contributed by atoms with Crippen molar-refractivity contribution in [2.45, 2.75) is 6.54 Å². The summed E-state index contributed by atoms with van der Waals surface area (Å²) in [5.41, 5.74) is 3.23. The Hall–Kier alpha value is -3.16. The Morgan fingerprint density at radius 2 is 1.77 bits per heavy atom. The molecule has 1 aromatic heterocycles. The molecular weight excluding hydrogens is 382 g/mol. The number of fused-ring (bicyclic) bond motifs is 2. The molecule has 0 saturated carbocycles. The van der Waals surface area contributed by atoms with Crippen molar-refractivity contribution in [2.24, 2.45) is 0 Å². The number of hydrogen-bond donors (Lipinski definition) is 2. The third-order valence-electron chi connectivity index (χ3n) is 5.60. The van der Waals surface area contributed by atoms with Crippen LogP contribution < -0.4 is 14.8 Å². The second-order valence-electron chi connectivity index (χ2n) is 7.52. The highest BCUT2D eigenvalue weighted by Crippen LogP contribution is 2.38. The maximum atomic E-state index is 12.5. The number of carboxylic acids is 1. The lowest BCUT2D eigenvalue weighted by molar-refractivity contribution is 0.0696. The van der Waals surface area contributed by atoms with Crippen LogP contribution in [-0.2, 0) is 6.54 Å². The van der Waals surface area contributed by atoms with E-state index >= 15 is 0 Å². The van der Waals surface area contributed by atoms with Crippen molar-refractivity contribution in [3.05, 3.63) is 53.6 Å². The van der Waals surface area contributed by atoms with Gasteiger partial charge in [-0.15, -0.1) is 0 Å². The van der Waals surface area contributed by atoms with Crippen molar-refractivity contribution in [3.8, 4) is 22.8 Å². The third kappa shape index (κ3) is 3.46. The number of rotatable bonds is 4. The highest BCUT2D eigenvalue weighted by atomic mass is 16.6. The second kappa shape index (κ2) is 7.93. The zero-order valence-corrected chi connectivity index (χ0v) is 16.6. The average Bonchev–Trinajstić information content (AvgIpc) is 2.78. The Morgan fingerprint density at radius 3 is 2.47 bits per heavy atom. The fourth-order valence-corrected chi connectivity index (χ4v) is 4.17. The molecule has 2 aromatic carbocycles. The number of piperazine rings is 1. The van der Waals surface area contributed by atoms with Crippen molar-refractivity contribution in [3.63, 3.8) is 0 Å². The number of carbonyl (C=O) groups is 1. The fraction of sp³-hybridized carbons (Fsp3) is 0.304. The van der Waals surface area contributed by atoms with Gasteiger partial charge in [0.25, 0.3) is 0 Å². The van der Waals surface area contributed by atoms with Gasteiger partial charge in [-0.25, -0.2) is 9.78 Å². The zero-order chi connectivity index (χ0) is 20.5. The van der Waals surface area contributed by atoms with E-state index in [9.17, 15) is 9.90 Å². The molecule has 2 N–H and O–H groups in total. The molecule has 1 saturated heterocycles. The van der Waals surface area contributed by atoms with Gasteiger partial charge in [-0.05, 0) is 6.07 Å². The van der Waals surface area contributed by atoms with E-state index in [0.29, 0.717) is 47.9 Å². The quantitative estimate of drug-likeness (QED) is 0.691. The number of nitrogens with zero attached hydrogens (tertiary/aromatic N) is 2. The van der Waals surface area contributed by atoms with Crippen LogP contribution >= 0.6 is 0 Å². The number of aromatic nitrogens is 1. The van der Waals surface area contributed by atoms with E-state index in [1.165, 1.54) is 0 Å². The Kier molecular flexibility index (Phi) is 4.98. The van der Waals surface area contributed by atoms with Crippen LogP contribution in [0, 0.1) is 0 Å². The minimum absolute atomic E-state index is 0.286. The smallest absolute Gasteiger partial charge is 0.336 e. The molecule has 7 heteroatoms. The number of carboxylic acid groups (broad SMARTS) is 1. The number of pyridine rings is 1. The van der Waals surface area contributed by atoms with E-state index in [-0.39, 0.29) is 5.56 Å². The van der Waals surface area contributed by atoms with Crippen LogP contribution in [0.25, 0.3) is 22.2 Å². The summed E-state index contributed by atoms with van der Waals surface area (Å²) in [6.07, 6.45) is 0. The fourth-order valence-electron chi connectivity index (χ4n) is 4.17. The van der Waals surface area contributed by atoms with Crippen molar-refractivity contribution in [1.29, 1.82) is 0 Å². The van der Waals surface area contributed by atoms with Crippen molar-refractivity contribution in [1.82, 2.24) is 15.2 Å². The maximum absolute atomic E-state index is 12.5. The Morgan fingerprint density at radius 1 is 1.07 bits per heavy atom. The molecule has 7 nitrogen and oxygen atoms in total. The molecule has 2 aliphatic heterocycles. The minimum Gasteiger partial charge on any atom is -0.486 e. The first kappa shape index (κ1) is 18.8. The molecule has 5 rings (SSSR count). The van der Waals surface area contributed by atoms with Gasteiger partial charge in [-0.1, -0.05) is 30.3 Å². The summed E-state index contributed by atoms with van der Waals surface area (Å²) in [7, 11) is 0. The lowest BCUT2D eigenvalue weighted by Crippen LogP contribution is -2.43. The van der Waals surface area contributed by atoms with Crippen LogP contribution in [0.5, 0.6) is 11.5 Å². The van der Waals surface area contributed by atoms with Gasteiger partial charge in [-0.2, -0.15) is 0 Å². The molecule has 0 amide bonds. The lowest BCUT2D eigenvalue weighted by atomic mass is 9.95. The SMILES string of the molecule is O=C(O)c1c(CN2CCNCC2)c(-c2ccccc2)nc2cc3c(cc12)OCCO3. The molecule has 3 aromatic rings. The van der Waals surface area contributed by atoms with Crippen LogP contribution in [0.3, 0.4) is 0 Å². The van der Waals surface area contributed by atoms with Gasteiger partial charge in [0.15, 0.2) is 11.5 Å². The molecule has 1 fully saturated rings. The molecule has 0 unspecified atom stereocenters. The van der Waals surface area contributed by atoms with E-state index in [1.807, 2.05) is 30.3 Å². The van der Waals surface area contributed by atoms with Crippen molar-refractivity contribution in [2.75, 3.05) is 39.4 Å². The second-order valence-corrected chi connectivity index (χ2v) is 7.52. The first-order valence-electron chi connectivity index (χ1n) is 10.2. The summed E-state index contributed by atoms with van der Waals surface area (Å²) in [5, 5.41) is 14.2. The predicted molar refractivity (Wildman–Crippen MR) is 113 cm³/mol. The van der Waals surface area contributed by atoms with Crippen LogP contribution in [0.15, 0.2) is 42.5 Å². The maximum Gasteiger partial charge on any atom is 0.336 e. The summed E-state index contributed by atoms with van der Waals surface area (Å²) >= 11 is 0. The van der Waals surface area contributed by atoms with E-state index in [0.717, 1.165) is 37.3 Å². The van der Waals surface area contributed by atoms with Gasteiger partial charge >= 0.3 is 5.97 Å². The average molecular weight is 405 g/mol. The van der Waals surface area contributed by atoms with E-state index in [1.54, 1.807) is 12.1 Å². The molecule has 3 heterocycles. The molecule has 0 bridgehead atoms. The number of hydrogen-bond acceptors (Lipinski definition) is 6. The third-order valence-corrected chi connectivity index (χ3v) is 5.60. The summed E-state index contributed by atoms with van der Waals surface area (Å²) in [4.78, 5) is 19.7. The Labute approximate surface area is 174 Å². The van der Waals surface area contributed by atoms with Gasteiger partial charge in [0.1, 0.15) is 13.2 Å². The molecule has 0 spiro atoms. The van der Waals surface area contributed by atoms with Crippen LogP contribution in [-0.4, -0.2) is 60.4 Å². The molecule has 30 heavy (non-hydrogen) atoms. The molecule has 2 aliphatic rings. The first-order valence-corrected chi connectivity index (χ1v) is 10.2. The number of ether oxygens (including phenoxy) is 2.